The van der Waals surface area contributed by atoms with E-state index in [4.69, 9.17) is 25.5 Å². The molecule has 1 N–H and O–H groups in total. The fourth-order valence-corrected chi connectivity index (χ4v) is 5.13. The maximum Gasteiger partial charge on any atom is 0.257 e. The fraction of sp³-hybridized carbons (Fsp3) is 0.321. The molecule has 3 aromatic rings. The van der Waals surface area contributed by atoms with Crippen molar-refractivity contribution in [3.8, 4) is 5.75 Å². The first-order valence-electron chi connectivity index (χ1n) is 12.4. The van der Waals surface area contributed by atoms with Gasteiger partial charge in [-0.15, -0.1) is 0 Å². The summed E-state index contributed by atoms with van der Waals surface area (Å²) in [5, 5.41) is 3.41. The summed E-state index contributed by atoms with van der Waals surface area (Å²) in [4.78, 5) is 43.5. The van der Waals surface area contributed by atoms with Gasteiger partial charge in [0.05, 0.1) is 26.5 Å². The lowest BCUT2D eigenvalue weighted by Gasteiger charge is -2.44. The minimum atomic E-state index is -1.02. The minimum absolute atomic E-state index is 0.0465. The molecule has 2 saturated heterocycles. The first-order valence-corrected chi connectivity index (χ1v) is 12.7. The second-order valence-electron chi connectivity index (χ2n) is 9.28. The van der Waals surface area contributed by atoms with Gasteiger partial charge in [0.2, 0.25) is 5.91 Å². The third-order valence-electron chi connectivity index (χ3n) is 7.04. The largest absolute Gasteiger partial charge is 0.497 e. The molecule has 0 bridgehead atoms. The van der Waals surface area contributed by atoms with Crippen molar-refractivity contribution in [3.63, 3.8) is 0 Å². The number of likely N-dealkylation sites (tertiary alicyclic amines) is 1. The lowest BCUT2D eigenvalue weighted by atomic mass is 9.96. The normalized spacial score (nSPS) is 18.4. The summed E-state index contributed by atoms with van der Waals surface area (Å²) < 4.78 is 16.9. The molecule has 1 spiro atoms. The molecule has 10 heteroatoms. The van der Waals surface area contributed by atoms with Crippen LogP contribution in [0.4, 0.5) is 0 Å². The van der Waals surface area contributed by atoms with Crippen molar-refractivity contribution in [2.75, 3.05) is 26.8 Å². The number of nitrogens with zero attached hydrogens (tertiary/aromatic N) is 2. The minimum Gasteiger partial charge on any atom is -0.497 e. The van der Waals surface area contributed by atoms with Crippen LogP contribution in [-0.4, -0.2) is 66.1 Å². The highest BCUT2D eigenvalue weighted by atomic mass is 35.5. The first-order chi connectivity index (χ1) is 18.4. The molecular formula is C28H28ClN3O6. The van der Waals surface area contributed by atoms with Crippen molar-refractivity contribution in [2.24, 2.45) is 0 Å². The van der Waals surface area contributed by atoms with Crippen molar-refractivity contribution >= 4 is 29.3 Å². The van der Waals surface area contributed by atoms with E-state index in [-0.39, 0.29) is 30.9 Å². The standard InChI is InChI=1S/C28H28ClN3O6/c1-36-22-5-2-4-20(16-22)27(35)32-24(25(33)30-17-23-6-3-15-37-23)18-38-28(32)11-13-31(14-12-28)26(34)19-7-9-21(29)10-8-19/h2-10,15-16,24H,11-14,17-18H2,1H3,(H,30,33). The predicted octanol–water partition coefficient (Wildman–Crippen LogP) is 3.73. The molecular weight excluding hydrogens is 510 g/mol. The van der Waals surface area contributed by atoms with Gasteiger partial charge in [-0.25, -0.2) is 0 Å². The number of furan rings is 1. The molecule has 2 aliphatic heterocycles. The SMILES string of the molecule is COc1cccc(C(=O)N2C(C(=O)NCc3ccco3)COC23CCN(C(=O)c2ccc(Cl)cc2)CC3)c1. The van der Waals surface area contributed by atoms with Crippen LogP contribution in [0.3, 0.4) is 0 Å². The molecule has 9 nitrogen and oxygen atoms in total. The predicted molar refractivity (Wildman–Crippen MR) is 139 cm³/mol. The average molecular weight is 538 g/mol. The summed E-state index contributed by atoms with van der Waals surface area (Å²) >= 11 is 5.97. The summed E-state index contributed by atoms with van der Waals surface area (Å²) in [7, 11) is 1.53. The Kier molecular flexibility index (Phi) is 7.40. The van der Waals surface area contributed by atoms with Crippen LogP contribution in [0.25, 0.3) is 0 Å². The summed E-state index contributed by atoms with van der Waals surface area (Å²) in [6, 6.07) is 16.2. The van der Waals surface area contributed by atoms with Gasteiger partial charge >= 0.3 is 0 Å². The highest BCUT2D eigenvalue weighted by Gasteiger charge is 2.54. The zero-order valence-electron chi connectivity index (χ0n) is 20.9. The molecule has 2 aromatic carbocycles. The maximum absolute atomic E-state index is 13.9. The van der Waals surface area contributed by atoms with Gasteiger partial charge in [-0.3, -0.25) is 19.3 Å². The lowest BCUT2D eigenvalue weighted by molar-refractivity contribution is -0.128. The van der Waals surface area contributed by atoms with Crippen LogP contribution >= 0.6 is 11.6 Å². The number of benzene rings is 2. The van der Waals surface area contributed by atoms with Gasteiger partial charge in [0.1, 0.15) is 23.3 Å². The smallest absolute Gasteiger partial charge is 0.257 e. The number of amides is 3. The molecule has 0 radical (unpaired) electrons. The zero-order valence-corrected chi connectivity index (χ0v) is 21.6. The number of carbonyl (C=O) groups is 3. The number of nitrogens with one attached hydrogen (secondary N) is 1. The van der Waals surface area contributed by atoms with Crippen LogP contribution in [0, 0.1) is 0 Å². The molecule has 1 unspecified atom stereocenters. The summed E-state index contributed by atoms with van der Waals surface area (Å²) in [5.41, 5.74) is -0.0983. The van der Waals surface area contributed by atoms with Crippen molar-refractivity contribution in [1.82, 2.24) is 15.1 Å². The van der Waals surface area contributed by atoms with Crippen LogP contribution < -0.4 is 10.1 Å². The Labute approximate surface area is 225 Å². The fourth-order valence-electron chi connectivity index (χ4n) is 5.00. The molecule has 198 valence electrons. The quantitative estimate of drug-likeness (QED) is 0.514. The molecule has 1 aromatic heterocycles. The Morgan fingerprint density at radius 1 is 1.03 bits per heavy atom. The Balaban J connectivity index is 1.37. The molecule has 3 amide bonds. The number of hydrogen-bond acceptors (Lipinski definition) is 6. The van der Waals surface area contributed by atoms with Crippen LogP contribution in [0.15, 0.2) is 71.3 Å². The van der Waals surface area contributed by atoms with Crippen LogP contribution in [0.5, 0.6) is 5.75 Å². The number of rotatable bonds is 6. The van der Waals surface area contributed by atoms with E-state index in [1.165, 1.54) is 13.4 Å². The van der Waals surface area contributed by atoms with E-state index in [1.54, 1.807) is 70.5 Å². The number of piperidine rings is 1. The first kappa shape index (κ1) is 25.8. The van der Waals surface area contributed by atoms with Gasteiger partial charge in [-0.1, -0.05) is 17.7 Å². The number of carbonyl (C=O) groups excluding carboxylic acids is 3. The van der Waals surface area contributed by atoms with Gasteiger partial charge < -0.3 is 24.1 Å². The van der Waals surface area contributed by atoms with Gasteiger partial charge in [0, 0.05) is 42.1 Å². The topological polar surface area (TPSA) is 101 Å². The van der Waals surface area contributed by atoms with Crippen LogP contribution in [0.2, 0.25) is 5.02 Å². The number of hydrogen-bond donors (Lipinski definition) is 1. The molecule has 5 rings (SSSR count). The summed E-state index contributed by atoms with van der Waals surface area (Å²) in [6.45, 7) is 0.971. The van der Waals surface area contributed by atoms with Gasteiger partial charge in [0.15, 0.2) is 0 Å². The van der Waals surface area contributed by atoms with Crippen LogP contribution in [-0.2, 0) is 16.1 Å². The highest BCUT2D eigenvalue weighted by Crippen LogP contribution is 2.39. The maximum atomic E-state index is 13.9. The number of halogens is 1. The average Bonchev–Trinajstić information content (AvgIpc) is 3.60. The van der Waals surface area contributed by atoms with E-state index in [9.17, 15) is 14.4 Å². The van der Waals surface area contributed by atoms with E-state index in [0.29, 0.717) is 53.6 Å². The number of methoxy groups -OCH3 is 1. The zero-order chi connectivity index (χ0) is 26.7. The molecule has 38 heavy (non-hydrogen) atoms. The van der Waals surface area contributed by atoms with E-state index >= 15 is 0 Å². The second-order valence-corrected chi connectivity index (χ2v) is 9.71. The third-order valence-corrected chi connectivity index (χ3v) is 7.29. The Bertz CT molecular complexity index is 1300. The Morgan fingerprint density at radius 3 is 2.47 bits per heavy atom. The molecule has 3 heterocycles. The van der Waals surface area contributed by atoms with Gasteiger partial charge in [-0.2, -0.15) is 0 Å². The Morgan fingerprint density at radius 2 is 1.79 bits per heavy atom. The molecule has 0 saturated carbocycles. The highest BCUT2D eigenvalue weighted by molar-refractivity contribution is 6.30. The monoisotopic (exact) mass is 537 g/mol. The van der Waals surface area contributed by atoms with E-state index in [1.807, 2.05) is 0 Å². The molecule has 1 atom stereocenters. The van der Waals surface area contributed by atoms with E-state index < -0.39 is 11.8 Å². The second kappa shape index (κ2) is 10.9. The lowest BCUT2D eigenvalue weighted by Crippen LogP contribution is -2.59. The van der Waals surface area contributed by atoms with Gasteiger partial charge in [0.25, 0.3) is 11.8 Å². The molecule has 0 aliphatic carbocycles. The van der Waals surface area contributed by atoms with E-state index in [0.717, 1.165) is 0 Å². The van der Waals surface area contributed by atoms with Crippen molar-refractivity contribution < 1.29 is 28.3 Å². The third kappa shape index (κ3) is 5.12. The van der Waals surface area contributed by atoms with Crippen LogP contribution in [0.1, 0.15) is 39.3 Å². The van der Waals surface area contributed by atoms with Gasteiger partial charge in [-0.05, 0) is 54.6 Å². The van der Waals surface area contributed by atoms with Crippen molar-refractivity contribution in [3.05, 3.63) is 88.8 Å². The van der Waals surface area contributed by atoms with E-state index in [2.05, 4.69) is 5.32 Å². The summed E-state index contributed by atoms with van der Waals surface area (Å²) in [6.07, 6.45) is 2.26. The van der Waals surface area contributed by atoms with Crippen molar-refractivity contribution in [1.29, 1.82) is 0 Å². The summed E-state index contributed by atoms with van der Waals surface area (Å²) in [5.74, 6) is 0.345. The number of ether oxygens (including phenoxy) is 2. The van der Waals surface area contributed by atoms with Crippen molar-refractivity contribution in [2.45, 2.75) is 31.2 Å². The Hall–Kier alpha value is -3.82. The molecule has 2 fully saturated rings. The molecule has 2 aliphatic rings.